The third kappa shape index (κ3) is 3.80. The van der Waals surface area contributed by atoms with Crippen molar-refractivity contribution >= 4 is 17.6 Å². The Morgan fingerprint density at radius 1 is 1.21 bits per heavy atom. The van der Waals surface area contributed by atoms with Crippen LogP contribution < -0.4 is 5.32 Å². The van der Waals surface area contributed by atoms with E-state index in [1.54, 1.807) is 9.58 Å². The van der Waals surface area contributed by atoms with Gasteiger partial charge in [0.05, 0.1) is 11.9 Å². The average Bonchev–Trinajstić information content (AvgIpc) is 3.00. The van der Waals surface area contributed by atoms with Crippen LogP contribution in [0.15, 0.2) is 36.5 Å². The van der Waals surface area contributed by atoms with Crippen molar-refractivity contribution in [2.75, 3.05) is 32.1 Å². The monoisotopic (exact) mass is 330 g/mol. The van der Waals surface area contributed by atoms with E-state index in [1.165, 1.54) is 13.3 Å². The lowest BCUT2D eigenvalue weighted by Crippen LogP contribution is -2.31. The Morgan fingerprint density at radius 2 is 1.88 bits per heavy atom. The van der Waals surface area contributed by atoms with Crippen molar-refractivity contribution in [2.24, 2.45) is 0 Å². The maximum atomic E-state index is 12.7. The minimum atomic E-state index is -0.344. The number of rotatable bonds is 7. The molecule has 0 atom stereocenters. The van der Waals surface area contributed by atoms with E-state index in [1.807, 2.05) is 44.2 Å². The zero-order chi connectivity index (χ0) is 17.5. The summed E-state index contributed by atoms with van der Waals surface area (Å²) < 4.78 is 6.40. The Balaban J connectivity index is 2.46. The summed E-state index contributed by atoms with van der Waals surface area (Å²) in [5.41, 5.74) is 1.11. The lowest BCUT2D eigenvalue weighted by Gasteiger charge is -2.19. The lowest BCUT2D eigenvalue weighted by atomic mass is 10.2. The molecule has 0 aliphatic heterocycles. The molecule has 0 radical (unpaired) electrons. The maximum Gasteiger partial charge on any atom is 0.259 e. The van der Waals surface area contributed by atoms with Crippen molar-refractivity contribution in [3.05, 3.63) is 42.1 Å². The highest BCUT2D eigenvalue weighted by molar-refractivity contribution is 6.03. The van der Waals surface area contributed by atoms with Gasteiger partial charge in [-0.3, -0.25) is 9.59 Å². The number of benzene rings is 1. The van der Waals surface area contributed by atoms with Gasteiger partial charge in [-0.2, -0.15) is 5.10 Å². The number of hydrogen-bond donors (Lipinski definition) is 1. The molecule has 2 rings (SSSR count). The highest BCUT2D eigenvalue weighted by Gasteiger charge is 2.23. The molecule has 0 unspecified atom stereocenters. The second-order valence-corrected chi connectivity index (χ2v) is 5.11. The van der Waals surface area contributed by atoms with Gasteiger partial charge in [-0.25, -0.2) is 4.68 Å². The average molecular weight is 330 g/mol. The third-order valence-electron chi connectivity index (χ3n) is 3.58. The summed E-state index contributed by atoms with van der Waals surface area (Å²) in [6.07, 6.45) is 1.48. The molecule has 2 aromatic rings. The Bertz CT molecular complexity index is 693. The van der Waals surface area contributed by atoms with Crippen LogP contribution in [0.4, 0.5) is 5.82 Å². The quantitative estimate of drug-likeness (QED) is 0.842. The van der Waals surface area contributed by atoms with Crippen LogP contribution in [0.3, 0.4) is 0 Å². The number of aromatic nitrogens is 2. The number of carbonyl (C=O) groups excluding carboxylic acids is 2. The largest absolute Gasteiger partial charge is 0.375 e. The number of nitrogens with one attached hydrogen (secondary N) is 1. The summed E-state index contributed by atoms with van der Waals surface area (Å²) in [5.74, 6) is -0.168. The van der Waals surface area contributed by atoms with Crippen LogP contribution in [-0.4, -0.2) is 53.3 Å². The molecule has 0 saturated heterocycles. The fourth-order valence-corrected chi connectivity index (χ4v) is 2.37. The first-order valence-electron chi connectivity index (χ1n) is 7.83. The van der Waals surface area contributed by atoms with E-state index in [4.69, 9.17) is 4.74 Å². The molecule has 128 valence electrons. The van der Waals surface area contributed by atoms with Crippen LogP contribution in [0.5, 0.6) is 0 Å². The molecule has 0 bridgehead atoms. The molecular formula is C17H22N4O3. The predicted molar refractivity (Wildman–Crippen MR) is 91.3 cm³/mol. The van der Waals surface area contributed by atoms with Crippen LogP contribution in [0.2, 0.25) is 0 Å². The number of amides is 2. The topological polar surface area (TPSA) is 76.5 Å². The highest BCUT2D eigenvalue weighted by atomic mass is 16.5. The molecule has 2 amide bonds. The lowest BCUT2D eigenvalue weighted by molar-refractivity contribution is -0.119. The molecule has 7 heteroatoms. The Hall–Kier alpha value is -2.67. The van der Waals surface area contributed by atoms with Gasteiger partial charge in [-0.1, -0.05) is 18.2 Å². The highest BCUT2D eigenvalue weighted by Crippen LogP contribution is 2.22. The minimum Gasteiger partial charge on any atom is -0.375 e. The standard InChI is InChI=1S/C17H22N4O3/c1-4-20(5-2)17(23)14-11-18-21(13-9-7-6-8-10-13)16(14)19-15(22)12-24-3/h6-11H,4-5,12H2,1-3H3,(H,19,22). The van der Waals surface area contributed by atoms with Gasteiger partial charge in [0.25, 0.3) is 11.8 Å². The van der Waals surface area contributed by atoms with Crippen molar-refractivity contribution in [1.82, 2.24) is 14.7 Å². The van der Waals surface area contributed by atoms with Gasteiger partial charge in [-0.05, 0) is 26.0 Å². The molecular weight excluding hydrogens is 308 g/mol. The Morgan fingerprint density at radius 3 is 2.46 bits per heavy atom. The van der Waals surface area contributed by atoms with Crippen LogP contribution >= 0.6 is 0 Å². The second kappa shape index (κ2) is 8.26. The molecule has 7 nitrogen and oxygen atoms in total. The van der Waals surface area contributed by atoms with Gasteiger partial charge in [0.2, 0.25) is 0 Å². The summed E-state index contributed by atoms with van der Waals surface area (Å²) in [6.45, 7) is 4.88. The molecule has 1 aromatic heterocycles. The fourth-order valence-electron chi connectivity index (χ4n) is 2.37. The number of ether oxygens (including phenoxy) is 1. The van der Waals surface area contributed by atoms with Crippen LogP contribution in [-0.2, 0) is 9.53 Å². The molecule has 1 heterocycles. The normalized spacial score (nSPS) is 10.5. The molecule has 0 saturated carbocycles. The van der Waals surface area contributed by atoms with E-state index < -0.39 is 0 Å². The zero-order valence-electron chi connectivity index (χ0n) is 14.2. The number of methoxy groups -OCH3 is 1. The number of nitrogens with zero attached hydrogens (tertiary/aromatic N) is 3. The molecule has 0 spiro atoms. The first-order valence-corrected chi connectivity index (χ1v) is 7.83. The molecule has 0 fully saturated rings. The van der Waals surface area contributed by atoms with Gasteiger partial charge < -0.3 is 15.0 Å². The van der Waals surface area contributed by atoms with E-state index in [0.717, 1.165) is 5.69 Å². The molecule has 0 aliphatic rings. The molecule has 24 heavy (non-hydrogen) atoms. The van der Waals surface area contributed by atoms with E-state index in [-0.39, 0.29) is 18.4 Å². The Kier molecular flexibility index (Phi) is 6.08. The molecule has 0 aliphatic carbocycles. The van der Waals surface area contributed by atoms with Gasteiger partial charge >= 0.3 is 0 Å². The SMILES string of the molecule is CCN(CC)C(=O)c1cnn(-c2ccccc2)c1NC(=O)COC. The van der Waals surface area contributed by atoms with Gasteiger partial charge in [0, 0.05) is 20.2 Å². The van der Waals surface area contributed by atoms with Crippen molar-refractivity contribution in [3.63, 3.8) is 0 Å². The number of carbonyl (C=O) groups is 2. The first kappa shape index (κ1) is 17.7. The smallest absolute Gasteiger partial charge is 0.259 e. The number of para-hydroxylation sites is 1. The van der Waals surface area contributed by atoms with E-state index in [2.05, 4.69) is 10.4 Å². The summed E-state index contributed by atoms with van der Waals surface area (Å²) in [6, 6.07) is 9.32. The summed E-state index contributed by atoms with van der Waals surface area (Å²) in [5, 5.41) is 7.02. The van der Waals surface area contributed by atoms with Crippen molar-refractivity contribution in [3.8, 4) is 5.69 Å². The fraction of sp³-hybridized carbons (Fsp3) is 0.353. The van der Waals surface area contributed by atoms with Crippen molar-refractivity contribution < 1.29 is 14.3 Å². The van der Waals surface area contributed by atoms with Crippen molar-refractivity contribution in [1.29, 1.82) is 0 Å². The van der Waals surface area contributed by atoms with Gasteiger partial charge in [0.1, 0.15) is 18.0 Å². The van der Waals surface area contributed by atoms with Crippen LogP contribution in [0.25, 0.3) is 5.69 Å². The first-order chi connectivity index (χ1) is 11.6. The number of hydrogen-bond acceptors (Lipinski definition) is 4. The molecule has 1 aromatic carbocycles. The van der Waals surface area contributed by atoms with E-state index >= 15 is 0 Å². The third-order valence-corrected chi connectivity index (χ3v) is 3.58. The second-order valence-electron chi connectivity index (χ2n) is 5.11. The van der Waals surface area contributed by atoms with Crippen molar-refractivity contribution in [2.45, 2.75) is 13.8 Å². The minimum absolute atomic E-state index is 0.0983. The van der Waals surface area contributed by atoms with E-state index in [9.17, 15) is 9.59 Å². The van der Waals surface area contributed by atoms with Crippen LogP contribution in [0.1, 0.15) is 24.2 Å². The Labute approximate surface area is 141 Å². The summed E-state index contributed by atoms with van der Waals surface area (Å²) in [4.78, 5) is 26.4. The molecule has 1 N–H and O–H groups in total. The summed E-state index contributed by atoms with van der Waals surface area (Å²) in [7, 11) is 1.44. The summed E-state index contributed by atoms with van der Waals surface area (Å²) >= 11 is 0. The maximum absolute atomic E-state index is 12.7. The number of anilines is 1. The van der Waals surface area contributed by atoms with Gasteiger partial charge in [0.15, 0.2) is 0 Å². The zero-order valence-corrected chi connectivity index (χ0v) is 14.2. The predicted octanol–water partition coefficient (Wildman–Crippen LogP) is 1.94. The van der Waals surface area contributed by atoms with E-state index in [0.29, 0.717) is 24.5 Å². The van der Waals surface area contributed by atoms with Gasteiger partial charge in [-0.15, -0.1) is 0 Å². The van der Waals surface area contributed by atoms with Crippen LogP contribution in [0, 0.1) is 0 Å².